The summed E-state index contributed by atoms with van der Waals surface area (Å²) in [6.45, 7) is 6.11. The summed E-state index contributed by atoms with van der Waals surface area (Å²) in [6.07, 6.45) is 0. The Bertz CT molecular complexity index is 388. The van der Waals surface area contributed by atoms with Crippen LogP contribution in [0.4, 0.5) is 5.69 Å². The van der Waals surface area contributed by atoms with E-state index < -0.39 is 0 Å². The van der Waals surface area contributed by atoms with E-state index in [-0.39, 0.29) is 11.5 Å². The van der Waals surface area contributed by atoms with Crippen molar-refractivity contribution in [2.45, 2.75) is 26.8 Å². The Labute approximate surface area is 97.0 Å². The van der Waals surface area contributed by atoms with E-state index in [4.69, 9.17) is 10.00 Å². The fourth-order valence-electron chi connectivity index (χ4n) is 1.32. The molecular formula is C13H18N2O. The minimum atomic E-state index is -0.223. The van der Waals surface area contributed by atoms with Gasteiger partial charge in [-0.15, -0.1) is 0 Å². The van der Waals surface area contributed by atoms with Gasteiger partial charge < -0.3 is 10.1 Å². The molecule has 1 aromatic carbocycles. The molecule has 86 valence electrons. The van der Waals surface area contributed by atoms with Crippen LogP contribution in [0.5, 0.6) is 5.75 Å². The van der Waals surface area contributed by atoms with Crippen molar-refractivity contribution >= 4 is 5.69 Å². The van der Waals surface area contributed by atoms with Crippen LogP contribution in [0.2, 0.25) is 0 Å². The molecule has 1 N–H and O–H groups in total. The van der Waals surface area contributed by atoms with Gasteiger partial charge in [0.05, 0.1) is 13.2 Å². The van der Waals surface area contributed by atoms with Crippen LogP contribution in [0, 0.1) is 16.7 Å². The SMILES string of the molecule is COc1cccc(NC(C#N)C(C)(C)C)c1. The quantitative estimate of drug-likeness (QED) is 0.848. The van der Waals surface area contributed by atoms with Crippen molar-refractivity contribution in [3.05, 3.63) is 24.3 Å². The maximum absolute atomic E-state index is 9.11. The number of methoxy groups -OCH3 is 1. The summed E-state index contributed by atoms with van der Waals surface area (Å²) in [6, 6.07) is 9.65. The molecule has 0 fully saturated rings. The zero-order chi connectivity index (χ0) is 12.2. The third-order valence-corrected chi connectivity index (χ3v) is 2.38. The van der Waals surface area contributed by atoms with E-state index in [0.717, 1.165) is 11.4 Å². The van der Waals surface area contributed by atoms with E-state index in [0.29, 0.717) is 0 Å². The van der Waals surface area contributed by atoms with Gasteiger partial charge in [0.25, 0.3) is 0 Å². The van der Waals surface area contributed by atoms with Crippen LogP contribution in [-0.4, -0.2) is 13.2 Å². The molecule has 1 atom stereocenters. The summed E-state index contributed by atoms with van der Waals surface area (Å²) in [5, 5.41) is 12.3. The second kappa shape index (κ2) is 4.89. The van der Waals surface area contributed by atoms with Gasteiger partial charge in [0, 0.05) is 11.8 Å². The second-order valence-corrected chi connectivity index (χ2v) is 4.80. The molecule has 0 aliphatic carbocycles. The number of hydrogen-bond donors (Lipinski definition) is 1. The maximum Gasteiger partial charge on any atom is 0.120 e. The molecule has 0 saturated heterocycles. The van der Waals surface area contributed by atoms with Crippen LogP contribution in [0.3, 0.4) is 0 Å². The molecule has 16 heavy (non-hydrogen) atoms. The van der Waals surface area contributed by atoms with Crippen LogP contribution in [0.25, 0.3) is 0 Å². The van der Waals surface area contributed by atoms with E-state index in [9.17, 15) is 0 Å². The molecular weight excluding hydrogens is 200 g/mol. The summed E-state index contributed by atoms with van der Waals surface area (Å²) in [5.41, 5.74) is 0.804. The van der Waals surface area contributed by atoms with Gasteiger partial charge in [0.15, 0.2) is 0 Å². The minimum Gasteiger partial charge on any atom is -0.497 e. The van der Waals surface area contributed by atoms with E-state index >= 15 is 0 Å². The third-order valence-electron chi connectivity index (χ3n) is 2.38. The monoisotopic (exact) mass is 218 g/mol. The number of nitrogens with zero attached hydrogens (tertiary/aromatic N) is 1. The van der Waals surface area contributed by atoms with Crippen molar-refractivity contribution in [2.75, 3.05) is 12.4 Å². The molecule has 0 saturated carbocycles. The Balaban J connectivity index is 2.83. The lowest BCUT2D eigenvalue weighted by atomic mass is 9.87. The maximum atomic E-state index is 9.11. The fraction of sp³-hybridized carbons (Fsp3) is 0.462. The molecule has 0 aliphatic heterocycles. The van der Waals surface area contributed by atoms with E-state index in [1.165, 1.54) is 0 Å². The van der Waals surface area contributed by atoms with Gasteiger partial charge in [0.2, 0.25) is 0 Å². The Hall–Kier alpha value is -1.69. The first-order valence-electron chi connectivity index (χ1n) is 5.27. The van der Waals surface area contributed by atoms with Crippen LogP contribution in [-0.2, 0) is 0 Å². The molecule has 3 nitrogen and oxygen atoms in total. The number of hydrogen-bond acceptors (Lipinski definition) is 3. The summed E-state index contributed by atoms with van der Waals surface area (Å²) in [4.78, 5) is 0. The standard InChI is InChI=1S/C13H18N2O/c1-13(2,3)12(9-14)15-10-6-5-7-11(8-10)16-4/h5-8,12,15H,1-4H3. The van der Waals surface area contributed by atoms with Crippen molar-refractivity contribution < 1.29 is 4.74 Å². The average Bonchev–Trinajstić information content (AvgIpc) is 2.24. The van der Waals surface area contributed by atoms with E-state index in [1.54, 1.807) is 7.11 Å². The minimum absolute atomic E-state index is 0.0994. The van der Waals surface area contributed by atoms with Crippen molar-refractivity contribution in [3.63, 3.8) is 0 Å². The number of nitrogens with one attached hydrogen (secondary N) is 1. The van der Waals surface area contributed by atoms with Gasteiger partial charge in [-0.1, -0.05) is 26.8 Å². The zero-order valence-electron chi connectivity index (χ0n) is 10.2. The molecule has 0 amide bonds. The number of benzene rings is 1. The number of rotatable bonds is 3. The highest BCUT2D eigenvalue weighted by Gasteiger charge is 2.24. The summed E-state index contributed by atoms with van der Waals surface area (Å²) < 4.78 is 5.13. The number of ether oxygens (including phenoxy) is 1. The first kappa shape index (κ1) is 12.4. The van der Waals surface area contributed by atoms with Crippen LogP contribution in [0.15, 0.2) is 24.3 Å². The number of nitriles is 1. The Morgan fingerprint density at radius 1 is 1.38 bits per heavy atom. The van der Waals surface area contributed by atoms with Gasteiger partial charge in [-0.3, -0.25) is 0 Å². The number of anilines is 1. The molecule has 0 radical (unpaired) electrons. The Morgan fingerprint density at radius 3 is 2.56 bits per heavy atom. The topological polar surface area (TPSA) is 45.0 Å². The smallest absolute Gasteiger partial charge is 0.120 e. The molecule has 1 rings (SSSR count). The molecule has 1 aromatic rings. The molecule has 0 bridgehead atoms. The average molecular weight is 218 g/mol. The van der Waals surface area contributed by atoms with Gasteiger partial charge in [-0.05, 0) is 17.5 Å². The first-order valence-corrected chi connectivity index (χ1v) is 5.27. The lowest BCUT2D eigenvalue weighted by molar-refractivity contribution is 0.389. The molecule has 3 heteroatoms. The van der Waals surface area contributed by atoms with Crippen LogP contribution >= 0.6 is 0 Å². The first-order chi connectivity index (χ1) is 7.47. The lowest BCUT2D eigenvalue weighted by Gasteiger charge is -2.26. The second-order valence-electron chi connectivity index (χ2n) is 4.80. The van der Waals surface area contributed by atoms with Crippen molar-refractivity contribution in [1.29, 1.82) is 5.26 Å². The highest BCUT2D eigenvalue weighted by molar-refractivity contribution is 5.50. The molecule has 0 aliphatic rings. The van der Waals surface area contributed by atoms with Gasteiger partial charge in [-0.2, -0.15) is 5.26 Å². The van der Waals surface area contributed by atoms with Gasteiger partial charge >= 0.3 is 0 Å². The van der Waals surface area contributed by atoms with E-state index in [1.807, 2.05) is 45.0 Å². The lowest BCUT2D eigenvalue weighted by Crippen LogP contribution is -2.32. The van der Waals surface area contributed by atoms with Crippen molar-refractivity contribution in [2.24, 2.45) is 5.41 Å². The zero-order valence-corrected chi connectivity index (χ0v) is 10.2. The molecule has 0 spiro atoms. The molecule has 0 heterocycles. The predicted octanol–water partition coefficient (Wildman–Crippen LogP) is 3.05. The van der Waals surface area contributed by atoms with E-state index in [2.05, 4.69) is 11.4 Å². The largest absolute Gasteiger partial charge is 0.497 e. The normalized spacial score (nSPS) is 12.7. The third kappa shape index (κ3) is 3.16. The summed E-state index contributed by atoms with van der Waals surface area (Å²) >= 11 is 0. The highest BCUT2D eigenvalue weighted by Crippen LogP contribution is 2.24. The van der Waals surface area contributed by atoms with Gasteiger partial charge in [-0.25, -0.2) is 0 Å². The highest BCUT2D eigenvalue weighted by atomic mass is 16.5. The van der Waals surface area contributed by atoms with Crippen molar-refractivity contribution in [3.8, 4) is 11.8 Å². The molecule has 1 unspecified atom stereocenters. The van der Waals surface area contributed by atoms with Crippen molar-refractivity contribution in [1.82, 2.24) is 0 Å². The van der Waals surface area contributed by atoms with Gasteiger partial charge in [0.1, 0.15) is 11.8 Å². The van der Waals surface area contributed by atoms with Crippen LogP contribution in [0.1, 0.15) is 20.8 Å². The summed E-state index contributed by atoms with van der Waals surface area (Å²) in [5.74, 6) is 0.788. The Morgan fingerprint density at radius 2 is 2.06 bits per heavy atom. The predicted molar refractivity (Wildman–Crippen MR) is 65.5 cm³/mol. The molecule has 0 aromatic heterocycles. The Kier molecular flexibility index (Phi) is 3.78. The summed E-state index contributed by atoms with van der Waals surface area (Å²) in [7, 11) is 1.63. The fourth-order valence-corrected chi connectivity index (χ4v) is 1.32. The van der Waals surface area contributed by atoms with Crippen LogP contribution < -0.4 is 10.1 Å².